The highest BCUT2D eigenvalue weighted by atomic mass is 19.1. The molecule has 23 heavy (non-hydrogen) atoms. The van der Waals surface area contributed by atoms with Gasteiger partial charge >= 0.3 is 0 Å². The predicted octanol–water partition coefficient (Wildman–Crippen LogP) is 1.01. The van der Waals surface area contributed by atoms with Crippen LogP contribution < -0.4 is 10.2 Å². The van der Waals surface area contributed by atoms with Crippen molar-refractivity contribution in [2.45, 2.75) is 6.92 Å². The van der Waals surface area contributed by atoms with E-state index < -0.39 is 5.82 Å². The molecule has 3 rings (SSSR count). The van der Waals surface area contributed by atoms with Crippen molar-refractivity contribution < 1.29 is 9.18 Å². The molecule has 1 saturated heterocycles. The molecule has 1 aromatic heterocycles. The summed E-state index contributed by atoms with van der Waals surface area (Å²) < 4.78 is 13.7. The number of hydrogen-bond donors (Lipinski definition) is 2. The van der Waals surface area contributed by atoms with Gasteiger partial charge in [-0.15, -0.1) is 0 Å². The van der Waals surface area contributed by atoms with Gasteiger partial charge in [-0.25, -0.2) is 9.49 Å². The zero-order valence-electron chi connectivity index (χ0n) is 12.9. The third-order valence-corrected chi connectivity index (χ3v) is 3.84. The van der Waals surface area contributed by atoms with Gasteiger partial charge in [0.05, 0.1) is 12.2 Å². The lowest BCUT2D eigenvalue weighted by Crippen LogP contribution is -2.49. The molecule has 0 radical (unpaired) electrons. The van der Waals surface area contributed by atoms with Crippen LogP contribution in [0.4, 0.5) is 16.0 Å². The Morgan fingerprint density at radius 2 is 2.13 bits per heavy atom. The van der Waals surface area contributed by atoms with Crippen LogP contribution >= 0.6 is 0 Å². The van der Waals surface area contributed by atoms with Gasteiger partial charge in [0.25, 0.3) is 0 Å². The molecule has 1 aliphatic heterocycles. The Morgan fingerprint density at radius 3 is 2.83 bits per heavy atom. The number of carbonyl (C=O) groups excluding carboxylic acids is 1. The number of benzene rings is 1. The number of nitrogens with one attached hydrogen (secondary N) is 2. The molecule has 122 valence electrons. The molecule has 2 aromatic rings. The minimum Gasteiger partial charge on any atom is -0.339 e. The van der Waals surface area contributed by atoms with Gasteiger partial charge in [-0.05, 0) is 24.6 Å². The zero-order valence-corrected chi connectivity index (χ0v) is 12.9. The van der Waals surface area contributed by atoms with Crippen molar-refractivity contribution in [2.75, 3.05) is 42.9 Å². The van der Waals surface area contributed by atoms with Gasteiger partial charge in [0, 0.05) is 26.2 Å². The molecular formula is C15H19FN6O. The molecule has 0 aliphatic carbocycles. The second kappa shape index (κ2) is 6.74. The van der Waals surface area contributed by atoms with Crippen LogP contribution in [-0.4, -0.2) is 58.7 Å². The van der Waals surface area contributed by atoms with E-state index in [0.717, 1.165) is 37.7 Å². The van der Waals surface area contributed by atoms with Crippen LogP contribution in [0.5, 0.6) is 0 Å². The van der Waals surface area contributed by atoms with Crippen LogP contribution in [0.2, 0.25) is 0 Å². The molecule has 2 N–H and O–H groups in total. The van der Waals surface area contributed by atoms with Crippen LogP contribution in [0.1, 0.15) is 5.56 Å². The molecule has 1 aliphatic rings. The number of nitrogens with zero attached hydrogens (tertiary/aromatic N) is 4. The first-order valence-corrected chi connectivity index (χ1v) is 7.50. The zero-order chi connectivity index (χ0) is 16.2. The van der Waals surface area contributed by atoms with E-state index in [2.05, 4.69) is 25.4 Å². The van der Waals surface area contributed by atoms with E-state index in [1.54, 1.807) is 12.1 Å². The topological polar surface area (TPSA) is 77.2 Å². The summed E-state index contributed by atoms with van der Waals surface area (Å²) in [4.78, 5) is 20.3. The smallest absolute Gasteiger partial charge is 0.238 e. The third-order valence-electron chi connectivity index (χ3n) is 3.84. The van der Waals surface area contributed by atoms with Crippen molar-refractivity contribution >= 4 is 17.5 Å². The maximum Gasteiger partial charge on any atom is 0.238 e. The number of H-pyrrole nitrogens is 1. The molecule has 8 heteroatoms. The van der Waals surface area contributed by atoms with Crippen molar-refractivity contribution in [1.82, 2.24) is 20.1 Å². The number of halogens is 1. The summed E-state index contributed by atoms with van der Waals surface area (Å²) in [5, 5.41) is 9.31. The lowest BCUT2D eigenvalue weighted by molar-refractivity contribution is -0.117. The number of aromatic nitrogens is 3. The van der Waals surface area contributed by atoms with Crippen LogP contribution in [0.15, 0.2) is 24.5 Å². The molecule has 7 nitrogen and oxygen atoms in total. The Bertz CT molecular complexity index is 667. The number of aryl methyl sites for hydroxylation is 1. The molecule has 1 aromatic carbocycles. The number of amides is 1. The highest BCUT2D eigenvalue weighted by molar-refractivity contribution is 5.92. The average Bonchev–Trinajstić information content (AvgIpc) is 3.06. The van der Waals surface area contributed by atoms with Crippen LogP contribution in [0.3, 0.4) is 0 Å². The lowest BCUT2D eigenvalue weighted by Gasteiger charge is -2.33. The van der Waals surface area contributed by atoms with Crippen molar-refractivity contribution in [3.05, 3.63) is 35.9 Å². The van der Waals surface area contributed by atoms with Crippen molar-refractivity contribution in [1.29, 1.82) is 0 Å². The summed E-state index contributed by atoms with van der Waals surface area (Å²) in [7, 11) is 0. The van der Waals surface area contributed by atoms with Gasteiger partial charge in [-0.2, -0.15) is 10.1 Å². The molecule has 0 bridgehead atoms. The Balaban J connectivity index is 1.50. The average molecular weight is 318 g/mol. The fraction of sp³-hybridized carbons (Fsp3) is 0.400. The summed E-state index contributed by atoms with van der Waals surface area (Å²) >= 11 is 0. The van der Waals surface area contributed by atoms with E-state index in [1.165, 1.54) is 12.4 Å². The molecule has 0 spiro atoms. The fourth-order valence-corrected chi connectivity index (χ4v) is 2.60. The van der Waals surface area contributed by atoms with Gasteiger partial charge in [0.2, 0.25) is 11.9 Å². The van der Waals surface area contributed by atoms with Gasteiger partial charge in [-0.3, -0.25) is 9.69 Å². The monoisotopic (exact) mass is 318 g/mol. The summed E-state index contributed by atoms with van der Waals surface area (Å²) in [5.74, 6) is 0.123. The molecule has 0 atom stereocenters. The quantitative estimate of drug-likeness (QED) is 0.880. The number of piperazine rings is 1. The first-order chi connectivity index (χ1) is 11.1. The van der Waals surface area contributed by atoms with E-state index >= 15 is 0 Å². The summed E-state index contributed by atoms with van der Waals surface area (Å²) in [6.45, 7) is 5.12. The van der Waals surface area contributed by atoms with Gasteiger partial charge < -0.3 is 10.2 Å². The number of rotatable bonds is 4. The Kier molecular flexibility index (Phi) is 4.52. The normalized spacial score (nSPS) is 15.7. The maximum absolute atomic E-state index is 13.7. The molecule has 1 fully saturated rings. The fourth-order valence-electron chi connectivity index (χ4n) is 2.60. The molecular weight excluding hydrogens is 299 g/mol. The van der Waals surface area contributed by atoms with Gasteiger partial charge in [0.15, 0.2) is 0 Å². The largest absolute Gasteiger partial charge is 0.339 e. The molecule has 0 unspecified atom stereocenters. The highest BCUT2D eigenvalue weighted by Gasteiger charge is 2.20. The Morgan fingerprint density at radius 1 is 1.35 bits per heavy atom. The van der Waals surface area contributed by atoms with E-state index in [1.807, 2.05) is 11.8 Å². The minimum atomic E-state index is -0.418. The van der Waals surface area contributed by atoms with Crippen molar-refractivity contribution in [3.8, 4) is 0 Å². The van der Waals surface area contributed by atoms with E-state index in [0.29, 0.717) is 0 Å². The SMILES string of the molecule is Cc1ccc(F)c(NC(=O)CN2CCN(c3ncn[nH]3)CC2)c1. The molecule has 0 saturated carbocycles. The maximum atomic E-state index is 13.7. The molecule has 1 amide bonds. The summed E-state index contributed by atoms with van der Waals surface area (Å²) in [6, 6.07) is 4.67. The highest BCUT2D eigenvalue weighted by Crippen LogP contribution is 2.16. The first-order valence-electron chi connectivity index (χ1n) is 7.50. The van der Waals surface area contributed by atoms with Crippen LogP contribution in [0.25, 0.3) is 0 Å². The number of aromatic amines is 1. The number of carbonyl (C=O) groups is 1. The summed E-state index contributed by atoms with van der Waals surface area (Å²) in [5.41, 5.74) is 1.14. The minimum absolute atomic E-state index is 0.206. The summed E-state index contributed by atoms with van der Waals surface area (Å²) in [6.07, 6.45) is 1.48. The molecule has 2 heterocycles. The Hall–Kier alpha value is -2.48. The Labute approximate surface area is 133 Å². The third kappa shape index (κ3) is 3.84. The number of anilines is 2. The van der Waals surface area contributed by atoms with E-state index in [9.17, 15) is 9.18 Å². The lowest BCUT2D eigenvalue weighted by atomic mass is 10.2. The number of hydrogen-bond acceptors (Lipinski definition) is 5. The van der Waals surface area contributed by atoms with Crippen LogP contribution in [-0.2, 0) is 4.79 Å². The predicted molar refractivity (Wildman–Crippen MR) is 84.8 cm³/mol. The van der Waals surface area contributed by atoms with Gasteiger partial charge in [-0.1, -0.05) is 6.07 Å². The van der Waals surface area contributed by atoms with Crippen molar-refractivity contribution in [3.63, 3.8) is 0 Å². The standard InChI is InChI=1S/C15H19FN6O/c1-11-2-3-12(16)13(8-11)19-14(23)9-21-4-6-22(7-5-21)15-17-10-18-20-15/h2-3,8,10H,4-7,9H2,1H3,(H,19,23)(H,17,18,20). The van der Waals surface area contributed by atoms with Crippen LogP contribution in [0, 0.1) is 12.7 Å². The van der Waals surface area contributed by atoms with Gasteiger partial charge in [0.1, 0.15) is 12.1 Å². The van der Waals surface area contributed by atoms with E-state index in [4.69, 9.17) is 0 Å². The second-order valence-electron chi connectivity index (χ2n) is 5.60. The van der Waals surface area contributed by atoms with E-state index in [-0.39, 0.29) is 18.1 Å². The van der Waals surface area contributed by atoms with Crippen molar-refractivity contribution in [2.24, 2.45) is 0 Å². The first kappa shape index (κ1) is 15.4. The second-order valence-corrected chi connectivity index (χ2v) is 5.60.